The van der Waals surface area contributed by atoms with Gasteiger partial charge in [-0.3, -0.25) is 4.79 Å². The first-order valence-corrected chi connectivity index (χ1v) is 8.41. The van der Waals surface area contributed by atoms with Crippen LogP contribution in [0.25, 0.3) is 0 Å². The number of carbonyl (C=O) groups excluding carboxylic acids is 1. The molecule has 0 aliphatic carbocycles. The smallest absolute Gasteiger partial charge is 0.224 e. The Kier molecular flexibility index (Phi) is 5.75. The second-order valence-electron chi connectivity index (χ2n) is 5.60. The number of hydrogen-bond acceptors (Lipinski definition) is 3. The Morgan fingerprint density at radius 3 is 2.68 bits per heavy atom. The molecule has 0 bridgehead atoms. The zero-order valence-electron chi connectivity index (χ0n) is 13.3. The third-order valence-electron chi connectivity index (χ3n) is 3.68. The van der Waals surface area contributed by atoms with Gasteiger partial charge in [-0.1, -0.05) is 18.2 Å². The van der Waals surface area contributed by atoms with Gasteiger partial charge in [0.15, 0.2) is 0 Å². The predicted molar refractivity (Wildman–Crippen MR) is 92.4 cm³/mol. The standard InChI is InChI=1S/C18H23NO2S/c1-12-11-15(14(3)22-12)7-6-10-18(21)19-17-9-5-4-8-16(17)13(2)20/h4-5,8-9,11,13,20H,6-7,10H2,1-3H3,(H,19,21). The van der Waals surface area contributed by atoms with Crippen molar-refractivity contribution in [1.82, 2.24) is 0 Å². The van der Waals surface area contributed by atoms with E-state index in [9.17, 15) is 9.90 Å². The van der Waals surface area contributed by atoms with Gasteiger partial charge in [-0.15, -0.1) is 11.3 Å². The number of anilines is 1. The second-order valence-corrected chi connectivity index (χ2v) is 7.06. The summed E-state index contributed by atoms with van der Waals surface area (Å²) >= 11 is 1.81. The lowest BCUT2D eigenvalue weighted by Gasteiger charge is -2.12. The Morgan fingerprint density at radius 2 is 2.05 bits per heavy atom. The molecule has 1 atom stereocenters. The van der Waals surface area contributed by atoms with Gasteiger partial charge < -0.3 is 10.4 Å². The number of hydrogen-bond donors (Lipinski definition) is 2. The van der Waals surface area contributed by atoms with Crippen LogP contribution in [0.4, 0.5) is 5.69 Å². The molecule has 0 aliphatic rings. The average molecular weight is 317 g/mol. The Labute approximate surface area is 136 Å². The Balaban J connectivity index is 1.87. The largest absolute Gasteiger partial charge is 0.389 e. The number of aliphatic hydroxyl groups is 1. The summed E-state index contributed by atoms with van der Waals surface area (Å²) < 4.78 is 0. The molecular formula is C18H23NO2S. The minimum atomic E-state index is -0.590. The van der Waals surface area contributed by atoms with Crippen molar-refractivity contribution >= 4 is 22.9 Å². The maximum Gasteiger partial charge on any atom is 0.224 e. The molecule has 4 heteroatoms. The number of amides is 1. The molecule has 2 N–H and O–H groups in total. The van der Waals surface area contributed by atoms with Crippen molar-refractivity contribution in [3.05, 3.63) is 51.2 Å². The number of carbonyl (C=O) groups is 1. The fourth-order valence-electron chi connectivity index (χ4n) is 2.56. The molecule has 0 saturated carbocycles. The van der Waals surface area contributed by atoms with Crippen LogP contribution in [0, 0.1) is 13.8 Å². The summed E-state index contributed by atoms with van der Waals surface area (Å²) in [4.78, 5) is 14.7. The molecule has 0 aliphatic heterocycles. The molecule has 0 radical (unpaired) electrons. The van der Waals surface area contributed by atoms with Gasteiger partial charge in [0.2, 0.25) is 5.91 Å². The van der Waals surface area contributed by atoms with E-state index in [0.29, 0.717) is 12.1 Å². The minimum Gasteiger partial charge on any atom is -0.389 e. The highest BCUT2D eigenvalue weighted by molar-refractivity contribution is 7.12. The highest BCUT2D eigenvalue weighted by Crippen LogP contribution is 2.24. The summed E-state index contributed by atoms with van der Waals surface area (Å²) in [6.45, 7) is 5.94. The summed E-state index contributed by atoms with van der Waals surface area (Å²) in [5.74, 6) is -0.00213. The molecular weight excluding hydrogens is 294 g/mol. The van der Waals surface area contributed by atoms with Crippen molar-refractivity contribution in [2.24, 2.45) is 0 Å². The third kappa shape index (κ3) is 4.42. The lowest BCUT2D eigenvalue weighted by Crippen LogP contribution is -2.13. The number of rotatable bonds is 6. The summed E-state index contributed by atoms with van der Waals surface area (Å²) in [5.41, 5.74) is 2.80. The number of nitrogens with one attached hydrogen (secondary N) is 1. The molecule has 118 valence electrons. The van der Waals surface area contributed by atoms with E-state index in [0.717, 1.165) is 18.4 Å². The predicted octanol–water partition coefficient (Wildman–Crippen LogP) is 4.38. The lowest BCUT2D eigenvalue weighted by atomic mass is 10.1. The van der Waals surface area contributed by atoms with Crippen molar-refractivity contribution in [3.63, 3.8) is 0 Å². The van der Waals surface area contributed by atoms with Crippen molar-refractivity contribution in [1.29, 1.82) is 0 Å². The first-order chi connectivity index (χ1) is 10.5. The van der Waals surface area contributed by atoms with Crippen LogP contribution in [0.15, 0.2) is 30.3 Å². The average Bonchev–Trinajstić information content (AvgIpc) is 2.77. The van der Waals surface area contributed by atoms with Crippen LogP contribution >= 0.6 is 11.3 Å². The normalized spacial score (nSPS) is 12.2. The zero-order chi connectivity index (χ0) is 16.1. The Morgan fingerprint density at radius 1 is 1.32 bits per heavy atom. The van der Waals surface area contributed by atoms with Gasteiger partial charge in [0.05, 0.1) is 6.10 Å². The number of aliphatic hydroxyl groups excluding tert-OH is 1. The van der Waals surface area contributed by atoms with Crippen molar-refractivity contribution in [2.75, 3.05) is 5.32 Å². The SMILES string of the molecule is Cc1cc(CCCC(=O)Nc2ccccc2C(C)O)c(C)s1. The quantitative estimate of drug-likeness (QED) is 0.830. The second kappa shape index (κ2) is 7.56. The van der Waals surface area contributed by atoms with Crippen molar-refractivity contribution in [3.8, 4) is 0 Å². The molecule has 1 heterocycles. The fraction of sp³-hybridized carbons (Fsp3) is 0.389. The molecule has 0 spiro atoms. The topological polar surface area (TPSA) is 49.3 Å². The van der Waals surface area contributed by atoms with Gasteiger partial charge in [0.1, 0.15) is 0 Å². The fourth-order valence-corrected chi connectivity index (χ4v) is 3.54. The van der Waals surface area contributed by atoms with E-state index >= 15 is 0 Å². The van der Waals surface area contributed by atoms with Gasteiger partial charge in [-0.05, 0) is 51.3 Å². The lowest BCUT2D eigenvalue weighted by molar-refractivity contribution is -0.116. The van der Waals surface area contributed by atoms with Crippen LogP contribution in [-0.4, -0.2) is 11.0 Å². The highest BCUT2D eigenvalue weighted by atomic mass is 32.1. The van der Waals surface area contributed by atoms with Crippen molar-refractivity contribution in [2.45, 2.75) is 46.1 Å². The van der Waals surface area contributed by atoms with E-state index in [-0.39, 0.29) is 5.91 Å². The van der Waals surface area contributed by atoms with Crippen molar-refractivity contribution < 1.29 is 9.90 Å². The molecule has 0 saturated heterocycles. The monoisotopic (exact) mass is 317 g/mol. The third-order valence-corrected chi connectivity index (χ3v) is 4.69. The molecule has 1 aromatic carbocycles. The van der Waals surface area contributed by atoms with E-state index in [1.165, 1.54) is 15.3 Å². The van der Waals surface area contributed by atoms with Crippen LogP contribution in [0.2, 0.25) is 0 Å². The van der Waals surface area contributed by atoms with Gasteiger partial charge in [-0.2, -0.15) is 0 Å². The van der Waals surface area contributed by atoms with Crippen LogP contribution in [0.3, 0.4) is 0 Å². The van der Waals surface area contributed by atoms with Crippen LogP contribution in [-0.2, 0) is 11.2 Å². The molecule has 3 nitrogen and oxygen atoms in total. The Bertz CT molecular complexity index is 646. The number of para-hydroxylation sites is 1. The van der Waals surface area contributed by atoms with E-state index < -0.39 is 6.10 Å². The molecule has 1 aromatic heterocycles. The first-order valence-electron chi connectivity index (χ1n) is 7.60. The number of benzene rings is 1. The molecule has 1 amide bonds. The van der Waals surface area contributed by atoms with E-state index in [1.54, 1.807) is 6.92 Å². The molecule has 2 aromatic rings. The first kappa shape index (κ1) is 16.7. The number of thiophene rings is 1. The molecule has 22 heavy (non-hydrogen) atoms. The summed E-state index contributed by atoms with van der Waals surface area (Å²) in [6.07, 6.45) is 1.66. The highest BCUT2D eigenvalue weighted by Gasteiger charge is 2.10. The summed E-state index contributed by atoms with van der Waals surface area (Å²) in [7, 11) is 0. The van der Waals surface area contributed by atoms with Crippen LogP contribution < -0.4 is 5.32 Å². The van der Waals surface area contributed by atoms with Gasteiger partial charge in [0.25, 0.3) is 0 Å². The number of aryl methyl sites for hydroxylation is 3. The molecule has 1 unspecified atom stereocenters. The van der Waals surface area contributed by atoms with Crippen LogP contribution in [0.1, 0.15) is 46.8 Å². The maximum absolute atomic E-state index is 12.1. The van der Waals surface area contributed by atoms with E-state index in [2.05, 4.69) is 25.2 Å². The summed E-state index contributed by atoms with van der Waals surface area (Å²) in [5, 5.41) is 12.6. The van der Waals surface area contributed by atoms with E-state index in [4.69, 9.17) is 0 Å². The summed E-state index contributed by atoms with van der Waals surface area (Å²) in [6, 6.07) is 9.59. The molecule has 2 rings (SSSR count). The maximum atomic E-state index is 12.1. The van der Waals surface area contributed by atoms with Gasteiger partial charge in [-0.25, -0.2) is 0 Å². The minimum absolute atomic E-state index is 0.00213. The zero-order valence-corrected chi connectivity index (χ0v) is 14.2. The van der Waals surface area contributed by atoms with E-state index in [1.807, 2.05) is 35.6 Å². The van der Waals surface area contributed by atoms with Crippen LogP contribution in [0.5, 0.6) is 0 Å². The van der Waals surface area contributed by atoms with Gasteiger partial charge >= 0.3 is 0 Å². The Hall–Kier alpha value is -1.65. The van der Waals surface area contributed by atoms with Gasteiger partial charge in [0, 0.05) is 27.4 Å². The molecule has 0 fully saturated rings.